The van der Waals surface area contributed by atoms with E-state index in [1.807, 2.05) is 0 Å². The molecule has 0 N–H and O–H groups in total. The van der Waals surface area contributed by atoms with Crippen LogP contribution in [0.15, 0.2) is 48.5 Å². The summed E-state index contributed by atoms with van der Waals surface area (Å²) in [4.78, 5) is 0. The molecular weight excluding hydrogens is 406 g/mol. The Kier molecular flexibility index (Phi) is 9.79. The maximum atomic E-state index is 2.34. The first-order valence-electron chi connectivity index (χ1n) is 10.7. The van der Waals surface area contributed by atoms with E-state index in [9.17, 15) is 0 Å². The summed E-state index contributed by atoms with van der Waals surface area (Å²) in [6.07, 6.45) is 8.51. The van der Waals surface area contributed by atoms with Crippen LogP contribution in [0.25, 0.3) is 0 Å². The Morgan fingerprint density at radius 2 is 1.04 bits per heavy atom. The smallest absolute Gasteiger partial charge is 0.213 e. The molecule has 2 aliphatic heterocycles. The van der Waals surface area contributed by atoms with Crippen molar-refractivity contribution in [3.8, 4) is 0 Å². The maximum absolute atomic E-state index is 2.34. The Morgan fingerprint density at radius 3 is 1.26 bits per heavy atom. The normalized spacial score (nSPS) is 27.7. The Hall–Kier alpha value is 0.0795. The molecular formula is C24H36FeP2. The van der Waals surface area contributed by atoms with E-state index >= 15 is 0 Å². The molecule has 150 valence electrons. The van der Waals surface area contributed by atoms with Crippen LogP contribution in [0, 0.1) is 0 Å². The fourth-order valence-corrected chi connectivity index (χ4v) is 11.4. The summed E-state index contributed by atoms with van der Waals surface area (Å²) in [6.45, 7) is 9.37. The first-order valence-corrected chi connectivity index (χ1v) is 13.7. The molecule has 4 rings (SSSR count). The molecule has 27 heavy (non-hydrogen) atoms. The minimum atomic E-state index is 0. The van der Waals surface area contributed by atoms with E-state index in [4.69, 9.17) is 0 Å². The van der Waals surface area contributed by atoms with Gasteiger partial charge in [-0.2, -0.15) is 24.3 Å². The van der Waals surface area contributed by atoms with Crippen molar-refractivity contribution < 1.29 is 17.1 Å². The van der Waals surface area contributed by atoms with Gasteiger partial charge in [-0.15, -0.1) is 10.6 Å². The minimum Gasteiger partial charge on any atom is -0.213 e. The Balaban J connectivity index is 0.000000187. The quantitative estimate of drug-likeness (QED) is 0.258. The van der Waals surface area contributed by atoms with Gasteiger partial charge in [-0.1, -0.05) is 43.5 Å². The average Bonchev–Trinajstić information content (AvgIpc) is 3.30. The molecule has 0 amide bonds. The molecule has 3 heteroatoms. The van der Waals surface area contributed by atoms with E-state index in [0.29, 0.717) is 0 Å². The van der Waals surface area contributed by atoms with Gasteiger partial charge in [0.2, 0.25) is 0 Å². The fourth-order valence-electron chi connectivity index (χ4n) is 4.77. The molecule has 0 spiro atoms. The van der Waals surface area contributed by atoms with Gasteiger partial charge in [0.05, 0.1) is 0 Å². The molecule has 2 fully saturated rings. The van der Waals surface area contributed by atoms with Crippen LogP contribution in [0.2, 0.25) is 0 Å². The first kappa shape index (κ1) is 23.4. The maximum Gasteiger partial charge on any atom is 2.00 e. The molecule has 0 unspecified atom stereocenters. The van der Waals surface area contributed by atoms with E-state index < -0.39 is 0 Å². The topological polar surface area (TPSA) is 0 Å². The van der Waals surface area contributed by atoms with Crippen LogP contribution in [0.5, 0.6) is 0 Å². The second kappa shape index (κ2) is 11.3. The van der Waals surface area contributed by atoms with Crippen molar-refractivity contribution in [1.29, 1.82) is 0 Å². The van der Waals surface area contributed by atoms with Crippen molar-refractivity contribution in [3.63, 3.8) is 0 Å². The molecule has 0 saturated carbocycles. The van der Waals surface area contributed by atoms with Crippen LogP contribution in [0.4, 0.5) is 0 Å². The van der Waals surface area contributed by atoms with Crippen LogP contribution in [-0.2, 0) is 17.1 Å². The van der Waals surface area contributed by atoms with Crippen molar-refractivity contribution in [2.45, 2.75) is 88.9 Å². The second-order valence-corrected chi connectivity index (χ2v) is 13.4. The van der Waals surface area contributed by atoms with Crippen molar-refractivity contribution in [1.82, 2.24) is 0 Å². The first-order chi connectivity index (χ1) is 12.7. The summed E-state index contributed by atoms with van der Waals surface area (Å²) in [5.74, 6) is 0. The van der Waals surface area contributed by atoms with Gasteiger partial charge in [-0.25, -0.2) is 24.3 Å². The molecule has 0 aliphatic carbocycles. The van der Waals surface area contributed by atoms with Crippen molar-refractivity contribution >= 4 is 26.5 Å². The SMILES string of the molecule is CC[C@@H]1C[C@@H](CC)P1c1ccc[cH-]1.CC[C@@H]1C[C@@H](CC)P1c1ccc[cH-]1.[Fe+2]. The Morgan fingerprint density at radius 1 is 0.704 bits per heavy atom. The third-order valence-corrected chi connectivity index (χ3v) is 13.7. The molecule has 0 bridgehead atoms. The van der Waals surface area contributed by atoms with Gasteiger partial charge in [0, 0.05) is 0 Å². The van der Waals surface area contributed by atoms with Gasteiger partial charge in [0.15, 0.2) is 0 Å². The average molecular weight is 442 g/mol. The van der Waals surface area contributed by atoms with E-state index in [1.54, 1.807) is 10.6 Å². The molecule has 0 radical (unpaired) electrons. The van der Waals surface area contributed by atoms with Crippen LogP contribution >= 0.6 is 15.8 Å². The summed E-state index contributed by atoms with van der Waals surface area (Å²) in [6, 6.07) is 18.1. The Bertz CT molecular complexity index is 543. The van der Waals surface area contributed by atoms with Crippen molar-refractivity contribution in [2.75, 3.05) is 0 Å². The predicted octanol–water partition coefficient (Wildman–Crippen LogP) is 6.94. The molecule has 2 saturated heterocycles. The van der Waals surface area contributed by atoms with Gasteiger partial charge in [-0.3, -0.25) is 0 Å². The van der Waals surface area contributed by atoms with Crippen molar-refractivity contribution in [2.24, 2.45) is 0 Å². The summed E-state index contributed by atoms with van der Waals surface area (Å²) in [7, 11) is 0.434. The van der Waals surface area contributed by atoms with Gasteiger partial charge >= 0.3 is 17.1 Å². The van der Waals surface area contributed by atoms with E-state index in [2.05, 4.69) is 76.2 Å². The van der Waals surface area contributed by atoms with E-state index in [-0.39, 0.29) is 32.9 Å². The Labute approximate surface area is 180 Å². The number of hydrogen-bond donors (Lipinski definition) is 0. The zero-order valence-corrected chi connectivity index (χ0v) is 20.3. The third kappa shape index (κ3) is 5.17. The summed E-state index contributed by atoms with van der Waals surface area (Å²) < 4.78 is 0. The van der Waals surface area contributed by atoms with Gasteiger partial charge in [-0.05, 0) is 61.2 Å². The summed E-state index contributed by atoms with van der Waals surface area (Å²) >= 11 is 0. The van der Waals surface area contributed by atoms with E-state index in [1.165, 1.54) is 38.5 Å². The molecule has 0 aromatic heterocycles. The minimum absolute atomic E-state index is 0. The van der Waals surface area contributed by atoms with Gasteiger partial charge in [0.1, 0.15) is 0 Å². The summed E-state index contributed by atoms with van der Waals surface area (Å²) in [5.41, 5.74) is 4.12. The monoisotopic (exact) mass is 442 g/mol. The summed E-state index contributed by atoms with van der Waals surface area (Å²) in [5, 5.41) is 3.31. The molecule has 2 aromatic carbocycles. The van der Waals surface area contributed by atoms with Crippen LogP contribution in [0.3, 0.4) is 0 Å². The molecule has 2 aliphatic rings. The largest absolute Gasteiger partial charge is 2.00 e. The number of hydrogen-bond acceptors (Lipinski definition) is 0. The number of rotatable bonds is 6. The van der Waals surface area contributed by atoms with Crippen LogP contribution < -0.4 is 10.6 Å². The molecule has 0 nitrogen and oxygen atoms in total. The standard InChI is InChI=1S/2C12H18P.Fe/c2*1-3-10-9-11(4-2)13(10)12-7-5-6-8-12;/h2*5-8,10-11H,3-4,9H2,1-2H3;/q2*-1;+2/t2*10-,11-;/m11./s1. The zero-order chi connectivity index (χ0) is 18.5. The van der Waals surface area contributed by atoms with Crippen LogP contribution in [-0.4, -0.2) is 22.6 Å². The van der Waals surface area contributed by atoms with Gasteiger partial charge < -0.3 is 0 Å². The van der Waals surface area contributed by atoms with Crippen LogP contribution in [0.1, 0.15) is 66.2 Å². The molecule has 2 aromatic rings. The zero-order valence-electron chi connectivity index (χ0n) is 17.4. The van der Waals surface area contributed by atoms with Gasteiger partial charge in [0.25, 0.3) is 0 Å². The van der Waals surface area contributed by atoms with E-state index in [0.717, 1.165) is 22.6 Å². The second-order valence-electron chi connectivity index (χ2n) is 7.82. The van der Waals surface area contributed by atoms with Crippen molar-refractivity contribution in [3.05, 3.63) is 48.5 Å². The molecule has 2 heterocycles. The fraction of sp³-hybridized carbons (Fsp3) is 0.583. The third-order valence-electron chi connectivity index (χ3n) is 6.43. The molecule has 4 atom stereocenters. The predicted molar refractivity (Wildman–Crippen MR) is 123 cm³/mol.